The molecular formula is C22H36N8O4. The first-order chi connectivity index (χ1) is 16.7. The highest BCUT2D eigenvalue weighted by molar-refractivity contribution is 5.95. The molecule has 0 bridgehead atoms. The molecule has 0 radical (unpaired) electrons. The Morgan fingerprint density at radius 2 is 1.68 bits per heavy atom. The van der Waals surface area contributed by atoms with E-state index in [0.717, 1.165) is 19.4 Å². The van der Waals surface area contributed by atoms with Gasteiger partial charge in [-0.25, -0.2) is 0 Å². The van der Waals surface area contributed by atoms with Gasteiger partial charge in [-0.15, -0.1) is 0 Å². The fourth-order valence-electron chi connectivity index (χ4n) is 2.75. The van der Waals surface area contributed by atoms with Crippen LogP contribution in [0, 0.1) is 0 Å². The van der Waals surface area contributed by atoms with Crippen molar-refractivity contribution >= 4 is 29.4 Å². The third-order valence-corrected chi connectivity index (χ3v) is 4.39. The Morgan fingerprint density at radius 1 is 0.971 bits per heavy atom. The van der Waals surface area contributed by atoms with Crippen LogP contribution in [0.1, 0.15) is 30.1 Å². The number of benzene rings is 1. The van der Waals surface area contributed by atoms with Crippen molar-refractivity contribution in [3.8, 4) is 0 Å². The smallest absolute Gasteiger partial charge is 0.251 e. The summed E-state index contributed by atoms with van der Waals surface area (Å²) in [6.07, 6.45) is 2.03. The molecule has 0 saturated heterocycles. The molecule has 12 heteroatoms. The number of hydrogen-bond donors (Lipinski definition) is 6. The van der Waals surface area contributed by atoms with Crippen molar-refractivity contribution in [1.29, 1.82) is 0 Å². The van der Waals surface area contributed by atoms with E-state index in [-0.39, 0.29) is 12.5 Å². The van der Waals surface area contributed by atoms with Crippen molar-refractivity contribution < 1.29 is 19.4 Å². The molecule has 0 aliphatic rings. The van der Waals surface area contributed by atoms with Crippen LogP contribution in [0.25, 0.3) is 0 Å². The van der Waals surface area contributed by atoms with E-state index in [1.165, 1.54) is 0 Å². The standard InChI is InChI=1S/C22H36N8O4/c1-2-3-8-25-20-28-21(26-9-11-31)30-22(29-20)27-18-6-4-5-17(16-18)19(32)24-10-13-34-15-14-33-12-7-23/h4-6,16,31H,2-3,7-15,23H2,1H3,(H,24,32)(H3,25,26,27,28,29,30). The molecule has 1 aromatic heterocycles. The number of anilines is 4. The summed E-state index contributed by atoms with van der Waals surface area (Å²) in [5.74, 6) is 0.869. The summed E-state index contributed by atoms with van der Waals surface area (Å²) in [6.45, 7) is 5.79. The van der Waals surface area contributed by atoms with Gasteiger partial charge in [-0.05, 0) is 24.6 Å². The van der Waals surface area contributed by atoms with Crippen LogP contribution in [0.15, 0.2) is 24.3 Å². The Bertz CT molecular complexity index is 855. The molecule has 1 aromatic carbocycles. The van der Waals surface area contributed by atoms with E-state index in [0.29, 0.717) is 75.2 Å². The molecule has 0 aliphatic carbocycles. The zero-order valence-corrected chi connectivity index (χ0v) is 19.7. The van der Waals surface area contributed by atoms with E-state index in [1.54, 1.807) is 18.2 Å². The number of aliphatic hydroxyl groups is 1. The Labute approximate surface area is 200 Å². The van der Waals surface area contributed by atoms with Crippen LogP contribution in [-0.4, -0.2) is 85.2 Å². The molecule has 34 heavy (non-hydrogen) atoms. The van der Waals surface area contributed by atoms with E-state index in [2.05, 4.69) is 43.1 Å². The fourth-order valence-corrected chi connectivity index (χ4v) is 2.75. The quantitative estimate of drug-likeness (QED) is 0.169. The highest BCUT2D eigenvalue weighted by Gasteiger charge is 2.09. The summed E-state index contributed by atoms with van der Waals surface area (Å²) < 4.78 is 10.6. The molecule has 0 atom stereocenters. The van der Waals surface area contributed by atoms with Crippen molar-refractivity contribution in [1.82, 2.24) is 20.3 Å². The predicted octanol–water partition coefficient (Wildman–Crippen LogP) is 0.953. The molecule has 0 unspecified atom stereocenters. The summed E-state index contributed by atoms with van der Waals surface area (Å²) in [6, 6.07) is 7.03. The third kappa shape index (κ3) is 10.7. The Balaban J connectivity index is 1.92. The SMILES string of the molecule is CCCCNc1nc(NCCO)nc(Nc2cccc(C(=O)NCCOCCOCCN)c2)n1. The molecule has 0 saturated carbocycles. The van der Waals surface area contributed by atoms with Crippen molar-refractivity contribution in [3.05, 3.63) is 29.8 Å². The van der Waals surface area contributed by atoms with Crippen LogP contribution in [0.3, 0.4) is 0 Å². The van der Waals surface area contributed by atoms with Gasteiger partial charge in [0.2, 0.25) is 17.8 Å². The number of carbonyl (C=O) groups is 1. The maximum atomic E-state index is 12.5. The Kier molecular flexibility index (Phi) is 13.2. The first-order valence-electron chi connectivity index (χ1n) is 11.5. The zero-order valence-electron chi connectivity index (χ0n) is 19.7. The second kappa shape index (κ2) is 16.5. The lowest BCUT2D eigenvalue weighted by Gasteiger charge is -2.12. The van der Waals surface area contributed by atoms with Gasteiger partial charge in [0.15, 0.2) is 0 Å². The van der Waals surface area contributed by atoms with Gasteiger partial charge in [0, 0.05) is 37.4 Å². The summed E-state index contributed by atoms with van der Waals surface area (Å²) in [5, 5.41) is 21.1. The van der Waals surface area contributed by atoms with Crippen molar-refractivity contribution in [2.45, 2.75) is 19.8 Å². The summed E-state index contributed by atoms with van der Waals surface area (Å²) in [7, 11) is 0. The molecule has 2 aromatic rings. The fraction of sp³-hybridized carbons (Fsp3) is 0.545. The number of rotatable bonds is 18. The molecule has 0 aliphatic heterocycles. The van der Waals surface area contributed by atoms with Crippen LogP contribution in [0.5, 0.6) is 0 Å². The van der Waals surface area contributed by atoms with Gasteiger partial charge in [-0.2, -0.15) is 15.0 Å². The van der Waals surface area contributed by atoms with E-state index >= 15 is 0 Å². The number of hydrogen-bond acceptors (Lipinski definition) is 11. The molecule has 12 nitrogen and oxygen atoms in total. The van der Waals surface area contributed by atoms with Crippen LogP contribution >= 0.6 is 0 Å². The number of amides is 1. The van der Waals surface area contributed by atoms with Crippen molar-refractivity contribution in [2.24, 2.45) is 5.73 Å². The molecule has 7 N–H and O–H groups in total. The number of unbranched alkanes of at least 4 members (excludes halogenated alkanes) is 1. The molecular weight excluding hydrogens is 440 g/mol. The number of carbonyl (C=O) groups excluding carboxylic acids is 1. The lowest BCUT2D eigenvalue weighted by Crippen LogP contribution is -2.27. The zero-order chi connectivity index (χ0) is 24.4. The predicted molar refractivity (Wildman–Crippen MR) is 132 cm³/mol. The van der Waals surface area contributed by atoms with Gasteiger partial charge < -0.3 is 41.6 Å². The van der Waals surface area contributed by atoms with Crippen LogP contribution in [0.4, 0.5) is 23.5 Å². The maximum absolute atomic E-state index is 12.5. The lowest BCUT2D eigenvalue weighted by atomic mass is 10.2. The van der Waals surface area contributed by atoms with Crippen LogP contribution in [-0.2, 0) is 9.47 Å². The molecule has 2 rings (SSSR count). The van der Waals surface area contributed by atoms with Gasteiger partial charge in [-0.1, -0.05) is 19.4 Å². The van der Waals surface area contributed by atoms with E-state index < -0.39 is 0 Å². The summed E-state index contributed by atoms with van der Waals surface area (Å²) in [4.78, 5) is 25.5. The molecule has 188 valence electrons. The number of ether oxygens (including phenoxy) is 2. The van der Waals surface area contributed by atoms with Crippen LogP contribution in [0.2, 0.25) is 0 Å². The second-order valence-electron chi connectivity index (χ2n) is 7.21. The highest BCUT2D eigenvalue weighted by Crippen LogP contribution is 2.17. The van der Waals surface area contributed by atoms with Crippen molar-refractivity contribution in [2.75, 3.05) is 75.2 Å². The highest BCUT2D eigenvalue weighted by atomic mass is 16.5. The Hall–Kier alpha value is -3.06. The first kappa shape index (κ1) is 27.2. The van der Waals surface area contributed by atoms with Gasteiger partial charge in [0.05, 0.1) is 33.0 Å². The maximum Gasteiger partial charge on any atom is 0.251 e. The number of nitrogens with two attached hydrogens (primary N) is 1. The Morgan fingerprint density at radius 3 is 2.38 bits per heavy atom. The van der Waals surface area contributed by atoms with Gasteiger partial charge >= 0.3 is 0 Å². The normalized spacial score (nSPS) is 10.7. The number of nitrogens with one attached hydrogen (secondary N) is 4. The lowest BCUT2D eigenvalue weighted by molar-refractivity contribution is 0.0511. The molecule has 0 fully saturated rings. The largest absolute Gasteiger partial charge is 0.395 e. The van der Waals surface area contributed by atoms with Crippen molar-refractivity contribution in [3.63, 3.8) is 0 Å². The molecule has 1 heterocycles. The minimum Gasteiger partial charge on any atom is -0.395 e. The van der Waals surface area contributed by atoms with E-state index in [4.69, 9.17) is 20.3 Å². The number of aliphatic hydroxyl groups excluding tert-OH is 1. The summed E-state index contributed by atoms with van der Waals surface area (Å²) >= 11 is 0. The van der Waals surface area contributed by atoms with Crippen LogP contribution < -0.4 is 27.0 Å². The number of nitrogens with zero attached hydrogens (tertiary/aromatic N) is 3. The minimum atomic E-state index is -0.213. The van der Waals surface area contributed by atoms with Gasteiger partial charge in [-0.3, -0.25) is 4.79 Å². The molecule has 0 spiro atoms. The topological polar surface area (TPSA) is 169 Å². The summed E-state index contributed by atoms with van der Waals surface area (Å²) in [5.41, 5.74) is 6.49. The molecule has 1 amide bonds. The average molecular weight is 477 g/mol. The van der Waals surface area contributed by atoms with Gasteiger partial charge in [0.25, 0.3) is 5.91 Å². The monoisotopic (exact) mass is 476 g/mol. The second-order valence-corrected chi connectivity index (χ2v) is 7.21. The minimum absolute atomic E-state index is 0.0443. The van der Waals surface area contributed by atoms with E-state index in [9.17, 15) is 4.79 Å². The first-order valence-corrected chi connectivity index (χ1v) is 11.5. The number of aromatic nitrogens is 3. The third-order valence-electron chi connectivity index (χ3n) is 4.39. The van der Waals surface area contributed by atoms with E-state index in [1.807, 2.05) is 6.07 Å². The van der Waals surface area contributed by atoms with Gasteiger partial charge in [0.1, 0.15) is 0 Å². The average Bonchev–Trinajstić information content (AvgIpc) is 2.84.